The van der Waals surface area contributed by atoms with Gasteiger partial charge in [-0.2, -0.15) is 0 Å². The van der Waals surface area contributed by atoms with Gasteiger partial charge in [0.15, 0.2) is 0 Å². The van der Waals surface area contributed by atoms with Crippen LogP contribution in [-0.4, -0.2) is 24.6 Å². The van der Waals surface area contributed by atoms with Gasteiger partial charge in [0.1, 0.15) is 0 Å². The summed E-state index contributed by atoms with van der Waals surface area (Å²) >= 11 is 5.58. The van der Waals surface area contributed by atoms with E-state index < -0.39 is 0 Å². The molecule has 0 atom stereocenters. The largest absolute Gasteiger partial charge is 0.450 e. The second-order valence-electron chi connectivity index (χ2n) is 4.72. The maximum Gasteiger partial charge on any atom is 0.407 e. The first-order valence-corrected chi connectivity index (χ1v) is 7.35. The number of rotatable bonds is 7. The number of alkyl carbamates (subject to hydrolysis) is 1. The van der Waals surface area contributed by atoms with Crippen molar-refractivity contribution in [3.8, 4) is 0 Å². The molecule has 1 aliphatic rings. The highest BCUT2D eigenvalue weighted by Crippen LogP contribution is 2.17. The lowest BCUT2D eigenvalue weighted by Crippen LogP contribution is -2.36. The van der Waals surface area contributed by atoms with E-state index in [9.17, 15) is 4.79 Å². The zero-order chi connectivity index (χ0) is 12.3. The molecule has 0 bridgehead atoms. The van der Waals surface area contributed by atoms with E-state index >= 15 is 0 Å². The zero-order valence-electron chi connectivity index (χ0n) is 10.5. The third-order valence-corrected chi connectivity index (χ3v) is 3.46. The average molecular weight is 262 g/mol. The molecule has 100 valence electrons. The fourth-order valence-electron chi connectivity index (χ4n) is 2.17. The van der Waals surface area contributed by atoms with Gasteiger partial charge in [-0.3, -0.25) is 0 Å². The first-order chi connectivity index (χ1) is 8.33. The molecule has 1 fully saturated rings. The molecule has 0 aliphatic heterocycles. The van der Waals surface area contributed by atoms with E-state index in [1.54, 1.807) is 0 Å². The average Bonchev–Trinajstić information content (AvgIpc) is 2.35. The van der Waals surface area contributed by atoms with Gasteiger partial charge in [-0.25, -0.2) is 4.79 Å². The summed E-state index contributed by atoms with van der Waals surface area (Å²) in [5.74, 6) is 0.725. The molecule has 0 spiro atoms. The van der Waals surface area contributed by atoms with Gasteiger partial charge in [0, 0.05) is 11.9 Å². The number of carbonyl (C=O) groups excluding carboxylic acids is 1. The summed E-state index contributed by atoms with van der Waals surface area (Å²) in [4.78, 5) is 11.4. The highest BCUT2D eigenvalue weighted by atomic mass is 35.5. The topological polar surface area (TPSA) is 38.3 Å². The molecule has 0 aromatic heterocycles. The second kappa shape index (κ2) is 9.58. The molecule has 0 aromatic rings. The maximum atomic E-state index is 11.4. The van der Waals surface area contributed by atoms with Gasteiger partial charge in [0.25, 0.3) is 0 Å². The van der Waals surface area contributed by atoms with E-state index in [1.807, 2.05) is 0 Å². The summed E-state index contributed by atoms with van der Waals surface area (Å²) in [5.41, 5.74) is 0. The van der Waals surface area contributed by atoms with Gasteiger partial charge >= 0.3 is 6.09 Å². The van der Waals surface area contributed by atoms with E-state index in [-0.39, 0.29) is 6.09 Å². The second-order valence-corrected chi connectivity index (χ2v) is 5.10. The Balaban J connectivity index is 1.93. The maximum absolute atomic E-state index is 11.4. The van der Waals surface area contributed by atoms with Gasteiger partial charge < -0.3 is 10.1 Å². The Morgan fingerprint density at radius 1 is 1.12 bits per heavy atom. The monoisotopic (exact) mass is 261 g/mol. The molecule has 0 heterocycles. The molecule has 1 saturated carbocycles. The number of nitrogens with one attached hydrogen (secondary N) is 1. The molecule has 1 aliphatic carbocycles. The smallest absolute Gasteiger partial charge is 0.407 e. The van der Waals surface area contributed by atoms with Crippen LogP contribution in [0.15, 0.2) is 0 Å². The normalized spacial score (nSPS) is 16.8. The van der Waals surface area contributed by atoms with Crippen LogP contribution in [0.5, 0.6) is 0 Å². The standard InChI is InChI=1S/C13H24ClNO2/c14-10-6-1-2-7-11-17-13(16)15-12-8-4-3-5-9-12/h12H,1-11H2,(H,15,16). The lowest BCUT2D eigenvalue weighted by molar-refractivity contribution is 0.137. The molecule has 0 radical (unpaired) electrons. The number of amides is 1. The number of alkyl halides is 1. The Morgan fingerprint density at radius 2 is 1.82 bits per heavy atom. The molecule has 0 unspecified atom stereocenters. The van der Waals surface area contributed by atoms with Crippen LogP contribution < -0.4 is 5.32 Å². The van der Waals surface area contributed by atoms with Gasteiger partial charge in [0.05, 0.1) is 6.61 Å². The molecular formula is C13H24ClNO2. The number of hydrogen-bond donors (Lipinski definition) is 1. The van der Waals surface area contributed by atoms with Crippen LogP contribution >= 0.6 is 11.6 Å². The third kappa shape index (κ3) is 7.48. The number of hydrogen-bond acceptors (Lipinski definition) is 2. The number of halogens is 1. The van der Waals surface area contributed by atoms with E-state index in [2.05, 4.69) is 5.32 Å². The fraction of sp³-hybridized carbons (Fsp3) is 0.923. The predicted molar refractivity (Wildman–Crippen MR) is 70.5 cm³/mol. The van der Waals surface area contributed by atoms with Gasteiger partial charge in [-0.15, -0.1) is 11.6 Å². The van der Waals surface area contributed by atoms with Gasteiger partial charge in [-0.05, 0) is 25.7 Å². The van der Waals surface area contributed by atoms with Crippen molar-refractivity contribution in [2.75, 3.05) is 12.5 Å². The summed E-state index contributed by atoms with van der Waals surface area (Å²) < 4.78 is 5.14. The van der Waals surface area contributed by atoms with Crippen LogP contribution in [0, 0.1) is 0 Å². The zero-order valence-corrected chi connectivity index (χ0v) is 11.3. The van der Waals surface area contributed by atoms with Crippen molar-refractivity contribution in [3.05, 3.63) is 0 Å². The molecule has 1 N–H and O–H groups in total. The number of unbranched alkanes of at least 4 members (excludes halogenated alkanes) is 3. The lowest BCUT2D eigenvalue weighted by Gasteiger charge is -2.22. The predicted octanol–water partition coefficient (Wildman–Crippen LogP) is 3.84. The Bertz CT molecular complexity index is 206. The van der Waals surface area contributed by atoms with Crippen LogP contribution in [0.2, 0.25) is 0 Å². The van der Waals surface area contributed by atoms with Crippen LogP contribution in [0.4, 0.5) is 4.79 Å². The first kappa shape index (κ1) is 14.6. The van der Waals surface area contributed by atoms with E-state index in [4.69, 9.17) is 16.3 Å². The van der Waals surface area contributed by atoms with Crippen molar-refractivity contribution in [1.29, 1.82) is 0 Å². The Kier molecular flexibility index (Phi) is 8.24. The molecule has 0 saturated heterocycles. The van der Waals surface area contributed by atoms with Crippen LogP contribution in [-0.2, 0) is 4.74 Å². The van der Waals surface area contributed by atoms with Crippen molar-refractivity contribution in [3.63, 3.8) is 0 Å². The molecular weight excluding hydrogens is 238 g/mol. The molecule has 4 heteroatoms. The van der Waals surface area contributed by atoms with Gasteiger partial charge in [-0.1, -0.05) is 32.1 Å². The highest BCUT2D eigenvalue weighted by Gasteiger charge is 2.15. The van der Waals surface area contributed by atoms with Crippen molar-refractivity contribution >= 4 is 17.7 Å². The molecule has 17 heavy (non-hydrogen) atoms. The van der Waals surface area contributed by atoms with E-state index in [0.29, 0.717) is 12.6 Å². The molecule has 0 aromatic carbocycles. The van der Waals surface area contributed by atoms with Crippen LogP contribution in [0.1, 0.15) is 57.8 Å². The van der Waals surface area contributed by atoms with Crippen molar-refractivity contribution < 1.29 is 9.53 Å². The fourth-order valence-corrected chi connectivity index (χ4v) is 2.36. The van der Waals surface area contributed by atoms with Crippen molar-refractivity contribution in [2.45, 2.75) is 63.8 Å². The minimum Gasteiger partial charge on any atom is -0.450 e. The third-order valence-electron chi connectivity index (χ3n) is 3.19. The number of ether oxygens (including phenoxy) is 1. The Hall–Kier alpha value is -0.440. The summed E-state index contributed by atoms with van der Waals surface area (Å²) in [5, 5.41) is 2.94. The van der Waals surface area contributed by atoms with E-state index in [0.717, 1.165) is 44.4 Å². The minimum absolute atomic E-state index is 0.241. The summed E-state index contributed by atoms with van der Waals surface area (Å²) in [7, 11) is 0. The quantitative estimate of drug-likeness (QED) is 0.559. The number of carbonyl (C=O) groups is 1. The lowest BCUT2D eigenvalue weighted by atomic mass is 9.96. The molecule has 1 amide bonds. The van der Waals surface area contributed by atoms with Gasteiger partial charge in [0.2, 0.25) is 0 Å². The summed E-state index contributed by atoms with van der Waals surface area (Å²) in [6, 6.07) is 0.340. The first-order valence-electron chi connectivity index (χ1n) is 6.82. The van der Waals surface area contributed by atoms with Crippen LogP contribution in [0.3, 0.4) is 0 Å². The molecule has 1 rings (SSSR count). The van der Waals surface area contributed by atoms with Crippen LogP contribution in [0.25, 0.3) is 0 Å². The minimum atomic E-state index is -0.241. The van der Waals surface area contributed by atoms with Crippen molar-refractivity contribution in [2.24, 2.45) is 0 Å². The molecule has 3 nitrogen and oxygen atoms in total. The van der Waals surface area contributed by atoms with E-state index in [1.165, 1.54) is 19.3 Å². The van der Waals surface area contributed by atoms with Crippen molar-refractivity contribution in [1.82, 2.24) is 5.32 Å². The highest BCUT2D eigenvalue weighted by molar-refractivity contribution is 6.17. The Labute approximate surface area is 109 Å². The summed E-state index contributed by atoms with van der Waals surface area (Å²) in [6.07, 6.45) is 9.91. The Morgan fingerprint density at radius 3 is 2.53 bits per heavy atom. The summed E-state index contributed by atoms with van der Waals surface area (Å²) in [6.45, 7) is 0.529. The SMILES string of the molecule is O=C(NC1CCCCC1)OCCCCCCCl.